The molecule has 4 nitrogen and oxygen atoms in total. The molecule has 2 unspecified atom stereocenters. The third-order valence-corrected chi connectivity index (χ3v) is 2.87. The van der Waals surface area contributed by atoms with E-state index in [0.29, 0.717) is 26.2 Å². The van der Waals surface area contributed by atoms with Gasteiger partial charge in [-0.25, -0.2) is 0 Å². The number of alkyl halides is 3. The number of hydrogen-bond acceptors (Lipinski definition) is 4. The Bertz CT molecular complexity index is 225. The lowest BCUT2D eigenvalue weighted by atomic mass is 10.1. The minimum Gasteiger partial charge on any atom is -0.382 e. The molecule has 0 radical (unpaired) electrons. The largest absolute Gasteiger partial charge is 0.415 e. The number of hydrogen-bond donors (Lipinski definition) is 2. The first kappa shape index (κ1) is 13.7. The van der Waals surface area contributed by atoms with Crippen LogP contribution in [0.15, 0.2) is 0 Å². The smallest absolute Gasteiger partial charge is 0.382 e. The van der Waals surface area contributed by atoms with Crippen molar-refractivity contribution in [2.75, 3.05) is 39.8 Å². The Labute approximate surface area is 92.8 Å². The van der Waals surface area contributed by atoms with Crippen LogP contribution in [0.3, 0.4) is 0 Å². The number of piperazine rings is 1. The van der Waals surface area contributed by atoms with Gasteiger partial charge in [-0.15, -0.1) is 0 Å². The highest BCUT2D eigenvalue weighted by atomic mass is 19.4. The van der Waals surface area contributed by atoms with Crippen LogP contribution in [0, 0.1) is 0 Å². The second kappa shape index (κ2) is 5.31. The summed E-state index contributed by atoms with van der Waals surface area (Å²) >= 11 is 0. The van der Waals surface area contributed by atoms with Gasteiger partial charge in [-0.3, -0.25) is 4.90 Å². The summed E-state index contributed by atoms with van der Waals surface area (Å²) in [6, 6.07) is -0.115. The van der Waals surface area contributed by atoms with Crippen molar-refractivity contribution in [2.24, 2.45) is 5.73 Å². The van der Waals surface area contributed by atoms with Crippen molar-refractivity contribution in [2.45, 2.75) is 18.3 Å². The van der Waals surface area contributed by atoms with Gasteiger partial charge < -0.3 is 15.7 Å². The van der Waals surface area contributed by atoms with E-state index in [9.17, 15) is 13.2 Å². The van der Waals surface area contributed by atoms with Gasteiger partial charge in [-0.1, -0.05) is 0 Å². The Morgan fingerprint density at radius 1 is 1.44 bits per heavy atom. The number of nitrogens with two attached hydrogens (primary N) is 1. The summed E-state index contributed by atoms with van der Waals surface area (Å²) in [5.41, 5.74) is 5.51. The molecule has 1 fully saturated rings. The fourth-order valence-corrected chi connectivity index (χ4v) is 1.84. The van der Waals surface area contributed by atoms with E-state index in [1.807, 2.05) is 11.9 Å². The second-order valence-electron chi connectivity index (χ2n) is 4.20. The van der Waals surface area contributed by atoms with Crippen molar-refractivity contribution in [3.8, 4) is 0 Å². The maximum atomic E-state index is 12.2. The monoisotopic (exact) mass is 241 g/mol. The lowest BCUT2D eigenvalue weighted by molar-refractivity contribution is -0.210. The Hall–Kier alpha value is -0.370. The third-order valence-electron chi connectivity index (χ3n) is 2.87. The fraction of sp³-hybridized carbons (Fsp3) is 1.00. The highest BCUT2D eigenvalue weighted by molar-refractivity contribution is 4.84. The molecule has 16 heavy (non-hydrogen) atoms. The lowest BCUT2D eigenvalue weighted by Crippen LogP contribution is -2.57. The van der Waals surface area contributed by atoms with Gasteiger partial charge in [0.2, 0.25) is 0 Å². The highest BCUT2D eigenvalue weighted by Crippen LogP contribution is 2.22. The molecular formula is C9H18F3N3O. The summed E-state index contributed by atoms with van der Waals surface area (Å²) < 4.78 is 36.6. The number of likely N-dealkylation sites (N-methyl/N-ethyl adjacent to an activating group) is 1. The summed E-state index contributed by atoms with van der Waals surface area (Å²) in [5.74, 6) is 0. The summed E-state index contributed by atoms with van der Waals surface area (Å²) in [5, 5.41) is 9.00. The van der Waals surface area contributed by atoms with E-state index in [2.05, 4.69) is 0 Å². The van der Waals surface area contributed by atoms with Crippen molar-refractivity contribution in [3.05, 3.63) is 0 Å². The van der Waals surface area contributed by atoms with Crippen LogP contribution < -0.4 is 5.73 Å². The molecule has 1 aliphatic rings. The number of nitrogens with zero attached hydrogens (tertiary/aromatic N) is 2. The van der Waals surface area contributed by atoms with E-state index < -0.39 is 12.3 Å². The molecule has 1 aliphatic heterocycles. The molecule has 3 N–H and O–H groups in total. The van der Waals surface area contributed by atoms with Gasteiger partial charge in [0.15, 0.2) is 6.10 Å². The van der Waals surface area contributed by atoms with Crippen LogP contribution >= 0.6 is 0 Å². The molecule has 0 aromatic carbocycles. The normalized spacial score (nSPS) is 27.0. The standard InChI is InChI=1S/C9H18F3N3O/c1-14-2-3-15(7(4-13)5-14)6-8(16)9(10,11)12/h7-8,16H,2-6,13H2,1H3. The van der Waals surface area contributed by atoms with Gasteiger partial charge in [0.1, 0.15) is 0 Å². The van der Waals surface area contributed by atoms with Gasteiger partial charge in [0.05, 0.1) is 0 Å². The number of rotatable bonds is 3. The zero-order chi connectivity index (χ0) is 12.3. The van der Waals surface area contributed by atoms with Crippen LogP contribution in [0.5, 0.6) is 0 Å². The van der Waals surface area contributed by atoms with Gasteiger partial charge in [0.25, 0.3) is 0 Å². The minimum absolute atomic E-state index is 0.115. The number of halogens is 3. The van der Waals surface area contributed by atoms with Crippen LogP contribution in [-0.2, 0) is 0 Å². The Kier molecular flexibility index (Phi) is 4.54. The minimum atomic E-state index is -4.55. The zero-order valence-electron chi connectivity index (χ0n) is 9.24. The predicted molar refractivity (Wildman–Crippen MR) is 54.0 cm³/mol. The SMILES string of the molecule is CN1CCN(CC(O)C(F)(F)F)C(CN)C1. The first-order valence-corrected chi connectivity index (χ1v) is 5.22. The summed E-state index contributed by atoms with van der Waals surface area (Å²) in [6.45, 7) is 1.75. The van der Waals surface area contributed by atoms with Crippen LogP contribution in [0.25, 0.3) is 0 Å². The molecule has 0 amide bonds. The molecule has 7 heteroatoms. The molecular weight excluding hydrogens is 223 g/mol. The Balaban J connectivity index is 2.52. The number of β-amino-alcohol motifs (C(OH)–C–C–N with tert-alkyl or cyclic N) is 1. The average molecular weight is 241 g/mol. The van der Waals surface area contributed by atoms with E-state index in [4.69, 9.17) is 10.8 Å². The Morgan fingerprint density at radius 3 is 2.56 bits per heavy atom. The quantitative estimate of drug-likeness (QED) is 0.698. The second-order valence-corrected chi connectivity index (χ2v) is 4.20. The molecule has 96 valence electrons. The van der Waals surface area contributed by atoms with Gasteiger partial charge >= 0.3 is 6.18 Å². The van der Waals surface area contributed by atoms with E-state index in [1.54, 1.807) is 4.90 Å². The van der Waals surface area contributed by atoms with Crippen molar-refractivity contribution in [1.82, 2.24) is 9.80 Å². The van der Waals surface area contributed by atoms with Gasteiger partial charge in [-0.05, 0) is 7.05 Å². The lowest BCUT2D eigenvalue weighted by Gasteiger charge is -2.40. The molecule has 1 heterocycles. The van der Waals surface area contributed by atoms with Crippen molar-refractivity contribution < 1.29 is 18.3 Å². The van der Waals surface area contributed by atoms with Crippen LogP contribution in [0.2, 0.25) is 0 Å². The van der Waals surface area contributed by atoms with Crippen LogP contribution in [-0.4, -0.2) is 73.0 Å². The molecule has 0 spiro atoms. The molecule has 2 atom stereocenters. The van der Waals surface area contributed by atoms with Crippen LogP contribution in [0.1, 0.15) is 0 Å². The molecule has 0 aromatic heterocycles. The first-order valence-electron chi connectivity index (χ1n) is 5.22. The summed E-state index contributed by atoms with van der Waals surface area (Å²) in [7, 11) is 1.90. The average Bonchev–Trinajstić information content (AvgIpc) is 2.19. The fourth-order valence-electron chi connectivity index (χ4n) is 1.84. The highest BCUT2D eigenvalue weighted by Gasteiger charge is 2.40. The molecule has 0 aromatic rings. The third kappa shape index (κ3) is 3.58. The number of aliphatic hydroxyl groups is 1. The van der Waals surface area contributed by atoms with E-state index in [-0.39, 0.29) is 12.6 Å². The van der Waals surface area contributed by atoms with Gasteiger partial charge in [0, 0.05) is 38.8 Å². The topological polar surface area (TPSA) is 52.7 Å². The van der Waals surface area contributed by atoms with Crippen molar-refractivity contribution >= 4 is 0 Å². The van der Waals surface area contributed by atoms with E-state index in [0.717, 1.165) is 0 Å². The molecule has 0 bridgehead atoms. The molecule has 1 rings (SSSR count). The van der Waals surface area contributed by atoms with Crippen molar-refractivity contribution in [3.63, 3.8) is 0 Å². The van der Waals surface area contributed by atoms with Gasteiger partial charge in [-0.2, -0.15) is 13.2 Å². The van der Waals surface area contributed by atoms with E-state index in [1.165, 1.54) is 0 Å². The molecule has 0 aliphatic carbocycles. The maximum absolute atomic E-state index is 12.2. The van der Waals surface area contributed by atoms with Crippen molar-refractivity contribution in [1.29, 1.82) is 0 Å². The van der Waals surface area contributed by atoms with Crippen LogP contribution in [0.4, 0.5) is 13.2 Å². The molecule has 0 saturated carbocycles. The van der Waals surface area contributed by atoms with E-state index >= 15 is 0 Å². The maximum Gasteiger partial charge on any atom is 0.415 e. The Morgan fingerprint density at radius 2 is 2.06 bits per heavy atom. The summed E-state index contributed by atoms with van der Waals surface area (Å²) in [6.07, 6.45) is -6.84. The molecule has 1 saturated heterocycles. The first-order chi connectivity index (χ1) is 7.34. The number of aliphatic hydroxyl groups excluding tert-OH is 1. The zero-order valence-corrected chi connectivity index (χ0v) is 9.24. The summed E-state index contributed by atoms with van der Waals surface area (Å²) in [4.78, 5) is 3.63. The predicted octanol–water partition coefficient (Wildman–Crippen LogP) is -0.516.